The molecule has 1 unspecified atom stereocenters. The van der Waals surface area contributed by atoms with Crippen LogP contribution in [0.25, 0.3) is 0 Å². The maximum absolute atomic E-state index is 4.15. The summed E-state index contributed by atoms with van der Waals surface area (Å²) in [6, 6.07) is 2.22. The first kappa shape index (κ1) is 12.2. The smallest absolute Gasteiger partial charge is 0.0999 e. The highest BCUT2D eigenvalue weighted by Crippen LogP contribution is 2.17. The molecule has 0 amide bonds. The monoisotopic (exact) mass is 295 g/mol. The minimum Gasteiger partial charge on any atom is -0.311 e. The fourth-order valence-corrected chi connectivity index (χ4v) is 2.09. The second-order valence-corrected chi connectivity index (χ2v) is 4.79. The van der Waals surface area contributed by atoms with E-state index in [0.717, 1.165) is 22.2 Å². The minimum absolute atomic E-state index is 0.153. The Morgan fingerprint density at radius 3 is 2.88 bits per heavy atom. The number of likely N-dealkylation sites (N-methyl/N-ethyl adjacent to an activating group) is 1. The number of aromatic nitrogens is 4. The van der Waals surface area contributed by atoms with Gasteiger partial charge in [0.25, 0.3) is 0 Å². The maximum Gasteiger partial charge on any atom is 0.0999 e. The lowest BCUT2D eigenvalue weighted by atomic mass is 10.1. The van der Waals surface area contributed by atoms with Gasteiger partial charge in [0.1, 0.15) is 0 Å². The van der Waals surface area contributed by atoms with Crippen LogP contribution in [-0.2, 0) is 13.5 Å². The standard InChI is InChI=1S/C11H14BrN5/c1-13-10(11-7-17(2)16-15-11)4-8-3-9(12)6-14-5-8/h3,5-7,10,13H,4H2,1-2H3. The van der Waals surface area contributed by atoms with Gasteiger partial charge >= 0.3 is 0 Å². The number of pyridine rings is 1. The van der Waals surface area contributed by atoms with Gasteiger partial charge in [0.05, 0.1) is 11.7 Å². The quantitative estimate of drug-likeness (QED) is 0.928. The molecular formula is C11H14BrN5. The first-order valence-corrected chi connectivity index (χ1v) is 6.11. The highest BCUT2D eigenvalue weighted by Gasteiger charge is 2.13. The molecule has 0 saturated heterocycles. The predicted octanol–water partition coefficient (Wildman–Crippen LogP) is 1.48. The van der Waals surface area contributed by atoms with E-state index in [-0.39, 0.29) is 6.04 Å². The largest absolute Gasteiger partial charge is 0.311 e. The lowest BCUT2D eigenvalue weighted by molar-refractivity contribution is 0.573. The van der Waals surface area contributed by atoms with Crippen molar-refractivity contribution in [2.24, 2.45) is 7.05 Å². The topological polar surface area (TPSA) is 55.6 Å². The van der Waals surface area contributed by atoms with Crippen LogP contribution in [0.15, 0.2) is 29.1 Å². The average molecular weight is 296 g/mol. The van der Waals surface area contributed by atoms with Crippen LogP contribution in [-0.4, -0.2) is 27.0 Å². The van der Waals surface area contributed by atoms with Gasteiger partial charge in [-0.25, -0.2) is 0 Å². The third-order valence-corrected chi connectivity index (χ3v) is 2.96. The number of nitrogens with one attached hydrogen (secondary N) is 1. The summed E-state index contributed by atoms with van der Waals surface area (Å²) in [4.78, 5) is 4.15. The van der Waals surface area contributed by atoms with Gasteiger partial charge < -0.3 is 5.32 Å². The predicted molar refractivity (Wildman–Crippen MR) is 68.4 cm³/mol. The van der Waals surface area contributed by atoms with Crippen LogP contribution in [0.4, 0.5) is 0 Å². The van der Waals surface area contributed by atoms with E-state index < -0.39 is 0 Å². The third-order valence-electron chi connectivity index (χ3n) is 2.53. The molecular weight excluding hydrogens is 282 g/mol. The maximum atomic E-state index is 4.15. The lowest BCUT2D eigenvalue weighted by Crippen LogP contribution is -2.19. The van der Waals surface area contributed by atoms with E-state index in [1.54, 1.807) is 10.9 Å². The molecule has 1 atom stereocenters. The van der Waals surface area contributed by atoms with Crippen molar-refractivity contribution in [3.8, 4) is 0 Å². The molecule has 0 aliphatic heterocycles. The molecule has 0 aliphatic carbocycles. The highest BCUT2D eigenvalue weighted by atomic mass is 79.9. The van der Waals surface area contributed by atoms with Crippen LogP contribution in [0.5, 0.6) is 0 Å². The van der Waals surface area contributed by atoms with Crippen molar-refractivity contribution in [3.05, 3.63) is 40.4 Å². The van der Waals surface area contributed by atoms with Crippen LogP contribution in [0.3, 0.4) is 0 Å². The fourth-order valence-electron chi connectivity index (χ4n) is 1.68. The minimum atomic E-state index is 0.153. The van der Waals surface area contributed by atoms with Crippen molar-refractivity contribution in [1.29, 1.82) is 0 Å². The van der Waals surface area contributed by atoms with Gasteiger partial charge in [-0.15, -0.1) is 5.10 Å². The Morgan fingerprint density at radius 2 is 2.29 bits per heavy atom. The molecule has 0 fully saturated rings. The van der Waals surface area contributed by atoms with Gasteiger partial charge in [0, 0.05) is 30.1 Å². The highest BCUT2D eigenvalue weighted by molar-refractivity contribution is 9.10. The summed E-state index contributed by atoms with van der Waals surface area (Å²) in [7, 11) is 3.79. The molecule has 2 heterocycles. The second-order valence-electron chi connectivity index (χ2n) is 3.87. The van der Waals surface area contributed by atoms with Crippen LogP contribution in [0.1, 0.15) is 17.3 Å². The van der Waals surface area contributed by atoms with Crippen molar-refractivity contribution in [2.45, 2.75) is 12.5 Å². The van der Waals surface area contributed by atoms with Gasteiger partial charge in [-0.05, 0) is 41.0 Å². The molecule has 0 aromatic carbocycles. The Bertz CT molecular complexity index is 496. The summed E-state index contributed by atoms with van der Waals surface area (Å²) in [5.74, 6) is 0. The van der Waals surface area contributed by atoms with Crippen molar-refractivity contribution in [2.75, 3.05) is 7.05 Å². The number of aryl methyl sites for hydroxylation is 1. The molecule has 2 aromatic rings. The Balaban J connectivity index is 2.15. The van der Waals surface area contributed by atoms with E-state index in [1.807, 2.05) is 26.5 Å². The first-order chi connectivity index (χ1) is 8.19. The van der Waals surface area contributed by atoms with Crippen LogP contribution >= 0.6 is 15.9 Å². The molecule has 0 radical (unpaired) electrons. The molecule has 6 heteroatoms. The third kappa shape index (κ3) is 3.10. The fraction of sp³-hybridized carbons (Fsp3) is 0.364. The van der Waals surface area contributed by atoms with Crippen LogP contribution < -0.4 is 5.32 Å². The summed E-state index contributed by atoms with van der Waals surface area (Å²) in [6.45, 7) is 0. The molecule has 0 bridgehead atoms. The van der Waals surface area contributed by atoms with Crippen molar-refractivity contribution >= 4 is 15.9 Å². The summed E-state index contributed by atoms with van der Waals surface area (Å²) >= 11 is 3.42. The molecule has 2 rings (SSSR count). The number of hydrogen-bond acceptors (Lipinski definition) is 4. The zero-order valence-corrected chi connectivity index (χ0v) is 11.3. The van der Waals surface area contributed by atoms with Gasteiger partial charge in [-0.2, -0.15) is 0 Å². The first-order valence-electron chi connectivity index (χ1n) is 5.32. The van der Waals surface area contributed by atoms with Gasteiger partial charge in [0.15, 0.2) is 0 Å². The molecule has 0 saturated carbocycles. The van der Waals surface area contributed by atoms with Crippen LogP contribution in [0.2, 0.25) is 0 Å². The van der Waals surface area contributed by atoms with Crippen molar-refractivity contribution in [3.63, 3.8) is 0 Å². The van der Waals surface area contributed by atoms with Crippen LogP contribution in [0, 0.1) is 0 Å². The number of rotatable bonds is 4. The Morgan fingerprint density at radius 1 is 1.47 bits per heavy atom. The van der Waals surface area contributed by atoms with Crippen molar-refractivity contribution < 1.29 is 0 Å². The molecule has 1 N–H and O–H groups in total. The molecule has 0 spiro atoms. The van der Waals surface area contributed by atoms with E-state index in [4.69, 9.17) is 0 Å². The second kappa shape index (κ2) is 5.37. The molecule has 90 valence electrons. The van der Waals surface area contributed by atoms with Gasteiger partial charge in [0.2, 0.25) is 0 Å². The lowest BCUT2D eigenvalue weighted by Gasteiger charge is -2.12. The van der Waals surface area contributed by atoms with E-state index in [0.29, 0.717) is 0 Å². The van der Waals surface area contributed by atoms with E-state index in [9.17, 15) is 0 Å². The zero-order chi connectivity index (χ0) is 12.3. The molecule has 2 aromatic heterocycles. The summed E-state index contributed by atoms with van der Waals surface area (Å²) in [5.41, 5.74) is 2.10. The van der Waals surface area contributed by atoms with E-state index >= 15 is 0 Å². The van der Waals surface area contributed by atoms with E-state index in [1.165, 1.54) is 0 Å². The molecule has 0 aliphatic rings. The summed E-state index contributed by atoms with van der Waals surface area (Å²) in [6.07, 6.45) is 6.40. The Labute approximate surface area is 108 Å². The zero-order valence-electron chi connectivity index (χ0n) is 9.76. The Kier molecular flexibility index (Phi) is 3.86. The van der Waals surface area contributed by atoms with E-state index in [2.05, 4.69) is 42.6 Å². The molecule has 5 nitrogen and oxygen atoms in total. The Hall–Kier alpha value is -1.27. The summed E-state index contributed by atoms with van der Waals surface area (Å²) < 4.78 is 2.70. The SMILES string of the molecule is CNC(Cc1cncc(Br)c1)c1cn(C)nn1. The number of hydrogen-bond donors (Lipinski definition) is 1. The van der Waals surface area contributed by atoms with Crippen molar-refractivity contribution in [1.82, 2.24) is 25.3 Å². The number of halogens is 1. The van der Waals surface area contributed by atoms with Gasteiger partial charge in [-0.1, -0.05) is 5.21 Å². The average Bonchev–Trinajstić information content (AvgIpc) is 2.73. The molecule has 17 heavy (non-hydrogen) atoms. The number of nitrogens with zero attached hydrogens (tertiary/aromatic N) is 4. The van der Waals surface area contributed by atoms with Gasteiger partial charge in [-0.3, -0.25) is 9.67 Å². The summed E-state index contributed by atoms with van der Waals surface area (Å²) in [5, 5.41) is 11.3. The normalized spacial score (nSPS) is 12.6.